The fraction of sp³-hybridized carbons (Fsp3) is 0.368. The van der Waals surface area contributed by atoms with Crippen molar-refractivity contribution in [1.29, 1.82) is 0 Å². The lowest BCUT2D eigenvalue weighted by molar-refractivity contribution is 0.0824. The summed E-state index contributed by atoms with van der Waals surface area (Å²) < 4.78 is 15.1. The first-order valence-electron chi connectivity index (χ1n) is 8.42. The number of carbonyl (C=O) groups excluding carboxylic acids is 1. The number of anilines is 2. The maximum absolute atomic E-state index is 15.1. The van der Waals surface area contributed by atoms with Gasteiger partial charge in [0, 0.05) is 54.1 Å². The highest BCUT2D eigenvalue weighted by Gasteiger charge is 2.54. The standard InChI is InChI=1S/C19H21FN4O/c1-10-19(6-7-19)13-8-11(9-22-17(13)23-10)12-4-5-14(21)15(16(12)20)18(25)24(2)3/h4-5,8-10H,6-7,21H2,1-3H3,(H,22,23). The van der Waals surface area contributed by atoms with Crippen molar-refractivity contribution in [3.63, 3.8) is 0 Å². The molecule has 1 aromatic heterocycles. The lowest BCUT2D eigenvalue weighted by atomic mass is 9.91. The molecule has 1 fully saturated rings. The lowest BCUT2D eigenvalue weighted by Crippen LogP contribution is -2.24. The Morgan fingerprint density at radius 3 is 2.76 bits per heavy atom. The molecule has 4 rings (SSSR count). The average Bonchev–Trinajstić information content (AvgIpc) is 3.32. The minimum absolute atomic E-state index is 0.0874. The van der Waals surface area contributed by atoms with E-state index < -0.39 is 11.7 Å². The maximum Gasteiger partial charge on any atom is 0.258 e. The van der Waals surface area contributed by atoms with Crippen molar-refractivity contribution in [2.24, 2.45) is 0 Å². The second-order valence-electron chi connectivity index (χ2n) is 7.23. The number of hydrogen-bond donors (Lipinski definition) is 2. The largest absolute Gasteiger partial charge is 0.398 e. The van der Waals surface area contributed by atoms with Crippen LogP contribution in [0.3, 0.4) is 0 Å². The topological polar surface area (TPSA) is 71.2 Å². The van der Waals surface area contributed by atoms with Crippen molar-refractivity contribution >= 4 is 17.4 Å². The first-order chi connectivity index (χ1) is 11.8. The van der Waals surface area contributed by atoms with Crippen LogP contribution in [0, 0.1) is 5.82 Å². The first-order valence-corrected chi connectivity index (χ1v) is 8.42. The van der Waals surface area contributed by atoms with Crippen LogP contribution in [0.15, 0.2) is 24.4 Å². The molecular formula is C19H21FN4O. The van der Waals surface area contributed by atoms with Crippen molar-refractivity contribution in [1.82, 2.24) is 9.88 Å². The number of nitrogen functional groups attached to an aromatic ring is 1. The molecule has 2 aliphatic rings. The van der Waals surface area contributed by atoms with Crippen molar-refractivity contribution < 1.29 is 9.18 Å². The summed E-state index contributed by atoms with van der Waals surface area (Å²) in [5, 5.41) is 3.41. The minimum Gasteiger partial charge on any atom is -0.398 e. The zero-order valence-electron chi connectivity index (χ0n) is 14.6. The Labute approximate surface area is 146 Å². The maximum atomic E-state index is 15.1. The van der Waals surface area contributed by atoms with E-state index in [1.54, 1.807) is 32.4 Å². The van der Waals surface area contributed by atoms with Gasteiger partial charge in [-0.15, -0.1) is 0 Å². The highest BCUT2D eigenvalue weighted by atomic mass is 19.1. The molecule has 5 nitrogen and oxygen atoms in total. The van der Waals surface area contributed by atoms with Gasteiger partial charge in [-0.05, 0) is 38.0 Å². The third kappa shape index (κ3) is 2.20. The van der Waals surface area contributed by atoms with E-state index in [1.165, 1.54) is 4.90 Å². The molecule has 0 bridgehead atoms. The van der Waals surface area contributed by atoms with Gasteiger partial charge in [0.05, 0.1) is 5.56 Å². The summed E-state index contributed by atoms with van der Waals surface area (Å²) in [4.78, 5) is 18.1. The molecule has 1 aliphatic carbocycles. The van der Waals surface area contributed by atoms with E-state index in [4.69, 9.17) is 5.73 Å². The zero-order valence-corrected chi connectivity index (χ0v) is 14.6. The van der Waals surface area contributed by atoms with E-state index in [0.717, 1.165) is 24.2 Å². The first kappa shape index (κ1) is 15.9. The molecule has 2 heterocycles. The highest BCUT2D eigenvalue weighted by Crippen LogP contribution is 2.57. The number of nitrogens with one attached hydrogen (secondary N) is 1. The number of aromatic nitrogens is 1. The van der Waals surface area contributed by atoms with E-state index in [0.29, 0.717) is 17.2 Å². The molecular weight excluding hydrogens is 319 g/mol. The highest BCUT2D eigenvalue weighted by molar-refractivity contribution is 6.00. The zero-order chi connectivity index (χ0) is 17.9. The van der Waals surface area contributed by atoms with Crippen LogP contribution in [0.1, 0.15) is 35.7 Å². The number of nitrogens with two attached hydrogens (primary N) is 1. The molecule has 1 unspecified atom stereocenters. The van der Waals surface area contributed by atoms with Crippen LogP contribution in [0.5, 0.6) is 0 Å². The molecule has 1 aromatic carbocycles. The number of rotatable bonds is 2. The van der Waals surface area contributed by atoms with Gasteiger partial charge in [0.2, 0.25) is 0 Å². The molecule has 1 aliphatic heterocycles. The number of nitrogens with zero attached hydrogens (tertiary/aromatic N) is 2. The van der Waals surface area contributed by atoms with Gasteiger partial charge in [0.15, 0.2) is 0 Å². The van der Waals surface area contributed by atoms with Crippen LogP contribution in [-0.4, -0.2) is 35.9 Å². The third-order valence-electron chi connectivity index (χ3n) is 5.50. The molecule has 130 valence electrons. The molecule has 25 heavy (non-hydrogen) atoms. The smallest absolute Gasteiger partial charge is 0.258 e. The number of hydrogen-bond acceptors (Lipinski definition) is 4. The summed E-state index contributed by atoms with van der Waals surface area (Å²) in [6.07, 6.45) is 3.89. The second kappa shape index (κ2) is 5.18. The molecule has 1 atom stereocenters. The van der Waals surface area contributed by atoms with Crippen LogP contribution in [-0.2, 0) is 5.41 Å². The van der Waals surface area contributed by atoms with Gasteiger partial charge in [-0.1, -0.05) is 0 Å². The van der Waals surface area contributed by atoms with Gasteiger partial charge < -0.3 is 16.0 Å². The minimum atomic E-state index is -0.593. The number of pyridine rings is 1. The van der Waals surface area contributed by atoms with E-state index in [9.17, 15) is 4.79 Å². The van der Waals surface area contributed by atoms with Gasteiger partial charge in [0.1, 0.15) is 11.6 Å². The van der Waals surface area contributed by atoms with E-state index in [2.05, 4.69) is 17.2 Å². The van der Waals surface area contributed by atoms with Crippen molar-refractivity contribution in [2.45, 2.75) is 31.2 Å². The number of fused-ring (bicyclic) bond motifs is 2. The number of benzene rings is 1. The van der Waals surface area contributed by atoms with Crippen LogP contribution >= 0.6 is 0 Å². The predicted octanol–water partition coefficient (Wildman–Crippen LogP) is 3.02. The fourth-order valence-corrected chi connectivity index (χ4v) is 3.78. The summed E-state index contributed by atoms with van der Waals surface area (Å²) in [5.74, 6) is -0.154. The molecule has 1 saturated carbocycles. The molecule has 6 heteroatoms. The molecule has 2 aromatic rings. The van der Waals surface area contributed by atoms with Crippen molar-refractivity contribution in [2.75, 3.05) is 25.1 Å². The SMILES string of the molecule is CC1Nc2ncc(-c3ccc(N)c(C(=O)N(C)C)c3F)cc2C12CC2. The number of halogens is 1. The summed E-state index contributed by atoms with van der Waals surface area (Å²) in [6, 6.07) is 5.54. The molecule has 3 N–H and O–H groups in total. The predicted molar refractivity (Wildman–Crippen MR) is 96.1 cm³/mol. The van der Waals surface area contributed by atoms with Crippen LogP contribution in [0.25, 0.3) is 11.1 Å². The fourth-order valence-electron chi connectivity index (χ4n) is 3.78. The monoisotopic (exact) mass is 340 g/mol. The number of carbonyl (C=O) groups is 1. The molecule has 0 saturated heterocycles. The Morgan fingerprint density at radius 1 is 1.40 bits per heavy atom. The van der Waals surface area contributed by atoms with Gasteiger partial charge in [0.25, 0.3) is 5.91 Å². The van der Waals surface area contributed by atoms with E-state index in [-0.39, 0.29) is 16.7 Å². The van der Waals surface area contributed by atoms with Gasteiger partial charge >= 0.3 is 0 Å². The van der Waals surface area contributed by atoms with Gasteiger partial charge in [-0.25, -0.2) is 9.37 Å². The average molecular weight is 340 g/mol. The van der Waals surface area contributed by atoms with E-state index >= 15 is 4.39 Å². The lowest BCUT2D eigenvalue weighted by Gasteiger charge is -2.16. The Bertz CT molecular complexity index is 889. The van der Waals surface area contributed by atoms with Crippen LogP contribution < -0.4 is 11.1 Å². The Kier molecular flexibility index (Phi) is 3.29. The van der Waals surface area contributed by atoms with Gasteiger partial charge in [-0.2, -0.15) is 0 Å². The summed E-state index contributed by atoms with van der Waals surface area (Å²) in [5.41, 5.74) is 8.21. The normalized spacial score (nSPS) is 19.4. The Morgan fingerprint density at radius 2 is 2.12 bits per heavy atom. The Hall–Kier alpha value is -2.63. The quantitative estimate of drug-likeness (QED) is 0.825. The third-order valence-corrected chi connectivity index (χ3v) is 5.50. The summed E-state index contributed by atoms with van der Waals surface area (Å²) in [7, 11) is 3.16. The van der Waals surface area contributed by atoms with Crippen LogP contribution in [0.4, 0.5) is 15.9 Å². The molecule has 0 radical (unpaired) electrons. The summed E-state index contributed by atoms with van der Waals surface area (Å²) in [6.45, 7) is 2.16. The van der Waals surface area contributed by atoms with Crippen molar-refractivity contribution in [3.05, 3.63) is 41.3 Å². The Balaban J connectivity index is 1.83. The second-order valence-corrected chi connectivity index (χ2v) is 7.23. The van der Waals surface area contributed by atoms with Crippen LogP contribution in [0.2, 0.25) is 0 Å². The van der Waals surface area contributed by atoms with Crippen molar-refractivity contribution in [3.8, 4) is 11.1 Å². The summed E-state index contributed by atoms with van der Waals surface area (Å²) >= 11 is 0. The van der Waals surface area contributed by atoms with Gasteiger partial charge in [-0.3, -0.25) is 4.79 Å². The molecule has 1 amide bonds. The number of amides is 1. The molecule has 1 spiro atoms. The van der Waals surface area contributed by atoms with E-state index in [1.807, 2.05) is 6.07 Å².